The van der Waals surface area contributed by atoms with Crippen molar-refractivity contribution in [3.63, 3.8) is 0 Å². The second kappa shape index (κ2) is 21.6. The normalized spacial score (nSPS) is 11.8. The van der Waals surface area contributed by atoms with Gasteiger partial charge in [0.25, 0.3) is 0 Å². The fraction of sp³-hybridized carbons (Fsp3) is 0. The molecule has 0 spiro atoms. The first-order valence-corrected chi connectivity index (χ1v) is 19.0. The van der Waals surface area contributed by atoms with Crippen molar-refractivity contribution in [2.45, 2.75) is 29.4 Å². The minimum absolute atomic E-state index is 0. The summed E-state index contributed by atoms with van der Waals surface area (Å²) in [4.78, 5) is -6.37. The molecule has 0 amide bonds. The summed E-state index contributed by atoms with van der Waals surface area (Å²) in [5.41, 5.74) is 0. The summed E-state index contributed by atoms with van der Waals surface area (Å²) < 4.78 is 200. The first-order valence-electron chi connectivity index (χ1n) is 10.5. The van der Waals surface area contributed by atoms with Crippen molar-refractivity contribution in [2.75, 3.05) is 0 Å². The number of benzene rings is 4. The first-order chi connectivity index (χ1) is 19.6. The Balaban J connectivity index is -0.000000378. The minimum Gasteiger partial charge on any atom is -0.744 e. The van der Waals surface area contributed by atoms with E-state index in [1.54, 1.807) is 0 Å². The van der Waals surface area contributed by atoms with E-state index < -0.39 is 112 Å². The van der Waals surface area contributed by atoms with Crippen LogP contribution in [-0.4, -0.2) is 77.8 Å². The number of rotatable bonds is 6. The largest absolute Gasteiger partial charge is 1.00 e. The quantitative estimate of drug-likeness (QED) is 0.128. The Kier molecular flexibility index (Phi) is 25.7. The van der Waals surface area contributed by atoms with Crippen molar-refractivity contribution in [1.82, 2.24) is 0 Å². The van der Waals surface area contributed by atoms with E-state index in [-0.39, 0.29) is 177 Å². The molecule has 0 saturated heterocycles. The molecule has 0 unspecified atom stereocenters. The third kappa shape index (κ3) is 15.3. The van der Waals surface area contributed by atoms with Gasteiger partial charge in [0.05, 0.1) is 29.4 Å². The van der Waals surface area contributed by atoms with Gasteiger partial charge in [-0.1, -0.05) is 24.3 Å². The average Bonchev–Trinajstić information content (AvgIpc) is 2.83. The van der Waals surface area contributed by atoms with E-state index in [0.717, 1.165) is 36.4 Å². The van der Waals surface area contributed by atoms with Crippen molar-refractivity contribution in [3.8, 4) is 0 Å². The summed E-state index contributed by atoms with van der Waals surface area (Å²) in [6.45, 7) is 0. The molecule has 30 heteroatoms. The smallest absolute Gasteiger partial charge is 0.744 e. The van der Waals surface area contributed by atoms with E-state index in [2.05, 4.69) is 0 Å². The van der Waals surface area contributed by atoms with Gasteiger partial charge >= 0.3 is 177 Å². The van der Waals surface area contributed by atoms with Gasteiger partial charge in [-0.05, 0) is 36.4 Å². The second-order valence-electron chi connectivity index (χ2n) is 8.27. The molecule has 0 aliphatic rings. The van der Waals surface area contributed by atoms with Gasteiger partial charge in [0.2, 0.25) is 0 Å². The van der Waals surface area contributed by atoms with Crippen molar-refractivity contribution in [1.29, 1.82) is 0 Å². The topological polar surface area (TPSA) is 343 Å². The van der Waals surface area contributed by atoms with Crippen molar-refractivity contribution in [2.24, 2.45) is 0 Å². The summed E-state index contributed by atoms with van der Waals surface area (Å²) in [6.07, 6.45) is 0. The van der Waals surface area contributed by atoms with E-state index in [1.807, 2.05) is 0 Å². The maximum atomic E-state index is 11.2. The molecule has 4 rings (SSSR count). The molecule has 0 atom stereocenters. The monoisotopic (exact) mass is 868 g/mol. The maximum absolute atomic E-state index is 11.2. The molecule has 0 heterocycles. The molecule has 240 valence electrons. The van der Waals surface area contributed by atoms with Crippen LogP contribution in [0.4, 0.5) is 0 Å². The molecule has 0 radical (unpaired) electrons. The molecule has 4 aromatic rings. The Labute approximate surface area is 419 Å². The fourth-order valence-electron chi connectivity index (χ4n) is 3.74. The van der Waals surface area contributed by atoms with Crippen LogP contribution in [0, 0.1) is 0 Å². The van der Waals surface area contributed by atoms with Crippen LogP contribution >= 0.6 is 0 Å². The van der Waals surface area contributed by atoms with Gasteiger partial charge in [-0.2, -0.15) is 0 Å². The maximum Gasteiger partial charge on any atom is 1.00 e. The summed E-state index contributed by atoms with van der Waals surface area (Å²) in [5, 5.41) is -2.22. The van der Waals surface area contributed by atoms with Crippen molar-refractivity contribution in [3.05, 3.63) is 60.7 Å². The van der Waals surface area contributed by atoms with E-state index in [0.29, 0.717) is 24.3 Å². The van der Waals surface area contributed by atoms with Gasteiger partial charge in [0, 0.05) is 21.5 Å². The number of hydrogen-bond acceptors (Lipinski definition) is 18. The van der Waals surface area contributed by atoms with Gasteiger partial charge in [-0.15, -0.1) is 0 Å². The van der Waals surface area contributed by atoms with Crippen LogP contribution in [0.3, 0.4) is 0 Å². The van der Waals surface area contributed by atoms with Gasteiger partial charge in [-0.3, -0.25) is 0 Å². The Hall–Kier alpha value is 2.86. The van der Waals surface area contributed by atoms with E-state index >= 15 is 0 Å². The molecular weight excluding hydrogens is 859 g/mol. The Morgan fingerprint density at radius 1 is 0.300 bits per heavy atom. The minimum atomic E-state index is -5.22. The molecule has 18 nitrogen and oxygen atoms in total. The van der Waals surface area contributed by atoms with Crippen LogP contribution in [-0.2, 0) is 60.7 Å². The molecule has 0 bridgehead atoms. The summed E-state index contributed by atoms with van der Waals surface area (Å²) in [5.74, 6) is 0. The van der Waals surface area contributed by atoms with Gasteiger partial charge in [0.1, 0.15) is 60.7 Å². The van der Waals surface area contributed by atoms with Gasteiger partial charge in [0.15, 0.2) is 0 Å². The Bertz CT molecular complexity index is 2370. The number of hydrogen-bond donors (Lipinski definition) is 0. The molecule has 0 fully saturated rings. The number of fused-ring (bicyclic) bond motifs is 2. The predicted molar refractivity (Wildman–Crippen MR) is 136 cm³/mol. The zero-order chi connectivity index (χ0) is 33.8. The fourth-order valence-corrected chi connectivity index (χ4v) is 7.74. The van der Waals surface area contributed by atoms with E-state index in [9.17, 15) is 77.8 Å². The SMILES string of the molecule is O=S(=O)([O-])c1cc(S(=O)(=O)[O-])c2cccc(S(=O)(=O)[O-])c2c1.O=S(=O)([O-])c1cc(S(=O)(=O)[O-])c2cccc(S(=O)(=O)[O-])c2c1.[Na+].[Na+].[Na+].[Na+].[Na+].[Na+]. The van der Waals surface area contributed by atoms with Gasteiger partial charge in [-0.25, -0.2) is 50.5 Å². The van der Waals surface area contributed by atoms with E-state index in [4.69, 9.17) is 0 Å². The van der Waals surface area contributed by atoms with E-state index in [1.165, 1.54) is 0 Å². The van der Waals surface area contributed by atoms with Gasteiger partial charge < -0.3 is 27.3 Å². The second-order valence-corrected chi connectivity index (χ2v) is 16.4. The average molecular weight is 869 g/mol. The van der Waals surface area contributed by atoms with Crippen LogP contribution in [0.15, 0.2) is 90.0 Å². The summed E-state index contributed by atoms with van der Waals surface area (Å²) >= 11 is 0. The van der Waals surface area contributed by atoms with Crippen LogP contribution in [0.2, 0.25) is 0 Å². The van der Waals surface area contributed by atoms with Crippen molar-refractivity contribution < 1.29 is 255 Å². The zero-order valence-corrected chi connectivity index (χ0v) is 43.5. The first kappa shape index (κ1) is 59.6. The molecule has 0 aromatic heterocycles. The molecule has 0 aliphatic heterocycles. The van der Waals surface area contributed by atoms with Crippen molar-refractivity contribution >= 4 is 82.3 Å². The molecule has 0 aliphatic carbocycles. The standard InChI is InChI=1S/2C10H8O9S3.6Na/c2*11-20(12,13)6-4-8-7(10(5-6)22(17,18)19)2-1-3-9(8)21(14,15)16;;;;;;/h2*1-5H,(H,11,12,13)(H,14,15,16)(H,17,18,19);;;;;;/q;;6*+1/p-6. The predicted octanol–water partition coefficient (Wildman–Crippen LogP) is -18.9. The molecule has 50 heavy (non-hydrogen) atoms. The Morgan fingerprint density at radius 2 is 0.540 bits per heavy atom. The Morgan fingerprint density at radius 3 is 0.740 bits per heavy atom. The van der Waals surface area contributed by atoms with Crippen LogP contribution in [0.25, 0.3) is 21.5 Å². The molecule has 0 N–H and O–H groups in total. The van der Waals surface area contributed by atoms with Crippen LogP contribution in [0.5, 0.6) is 0 Å². The summed E-state index contributed by atoms with van der Waals surface area (Å²) in [6, 6.07) is 7.36. The molecule has 0 saturated carbocycles. The third-order valence-corrected chi connectivity index (χ3v) is 10.6. The molecular formula is C20H10Na6O18S6. The van der Waals surface area contributed by atoms with Crippen LogP contribution in [0.1, 0.15) is 0 Å². The molecule has 4 aromatic carbocycles. The summed E-state index contributed by atoms with van der Waals surface area (Å²) in [7, 11) is -31.0. The third-order valence-electron chi connectivity index (χ3n) is 5.44. The zero-order valence-electron chi connectivity index (χ0n) is 26.6. The van der Waals surface area contributed by atoms with Crippen LogP contribution < -0.4 is 177 Å².